The monoisotopic (exact) mass is 775 g/mol. The van der Waals surface area contributed by atoms with Crippen LogP contribution in [0.1, 0.15) is 58.3 Å². The van der Waals surface area contributed by atoms with Crippen molar-refractivity contribution in [1.29, 1.82) is 0 Å². The number of hydrogen-bond acceptors (Lipinski definition) is 13. The summed E-state index contributed by atoms with van der Waals surface area (Å²) < 4.78 is 68.6. The lowest BCUT2D eigenvalue weighted by Crippen LogP contribution is -2.47. The van der Waals surface area contributed by atoms with E-state index in [-0.39, 0.29) is 23.8 Å². The fourth-order valence-electron chi connectivity index (χ4n) is 7.42. The molecule has 0 aromatic carbocycles. The van der Waals surface area contributed by atoms with Crippen LogP contribution in [0.25, 0.3) is 0 Å². The summed E-state index contributed by atoms with van der Waals surface area (Å²) in [5.41, 5.74) is 0. The van der Waals surface area contributed by atoms with Gasteiger partial charge in [-0.15, -0.1) is 0 Å². The summed E-state index contributed by atoms with van der Waals surface area (Å²) in [7, 11) is 8.48. The lowest BCUT2D eigenvalue weighted by molar-refractivity contribution is -0.139. The minimum absolute atomic E-state index is 0.0572. The normalized spacial score (nSPS) is 19.3. The Morgan fingerprint density at radius 1 is 0.551 bits per heavy atom. The Kier molecular flexibility index (Phi) is 22.5. The minimum atomic E-state index is -2.81. The highest BCUT2D eigenvalue weighted by Crippen LogP contribution is 2.42. The maximum atomic E-state index is 14.7. The van der Waals surface area contributed by atoms with Crippen LogP contribution in [0.15, 0.2) is 0 Å². The number of rotatable bonds is 29. The molecule has 1 fully saturated rings. The Morgan fingerprint density at radius 2 is 0.898 bits per heavy atom. The van der Waals surface area contributed by atoms with Gasteiger partial charge in [0.25, 0.3) is 0 Å². The quantitative estimate of drug-likeness (QED) is 0.0975. The van der Waals surface area contributed by atoms with Crippen molar-refractivity contribution < 1.29 is 57.9 Å². The number of nitrogens with zero attached hydrogens (tertiary/aromatic N) is 1. The van der Waals surface area contributed by atoms with Gasteiger partial charge in [0.2, 0.25) is 5.91 Å². The third-order valence-corrected chi connectivity index (χ3v) is 21.8. The van der Waals surface area contributed by atoms with Crippen LogP contribution in [-0.4, -0.2) is 144 Å². The van der Waals surface area contributed by atoms with Crippen LogP contribution in [0.4, 0.5) is 0 Å². The van der Waals surface area contributed by atoms with Gasteiger partial charge in [0.05, 0.1) is 0 Å². The van der Waals surface area contributed by atoms with Gasteiger partial charge < -0.3 is 58.0 Å². The van der Waals surface area contributed by atoms with E-state index in [4.69, 9.17) is 53.1 Å². The third kappa shape index (κ3) is 13.0. The summed E-state index contributed by atoms with van der Waals surface area (Å²) >= 11 is 0. The highest BCUT2D eigenvalue weighted by atomic mass is 28.4. The highest BCUT2D eigenvalue weighted by Gasteiger charge is 2.46. The summed E-state index contributed by atoms with van der Waals surface area (Å²) in [4.78, 5) is 16.8. The smallest absolute Gasteiger partial charge is 0.377 e. The fourth-order valence-corrected chi connectivity index (χ4v) is 14.6. The van der Waals surface area contributed by atoms with E-state index >= 15 is 0 Å². The molecule has 0 aromatic rings. The summed E-state index contributed by atoms with van der Waals surface area (Å²) in [5.74, 6) is 0.576. The number of amides is 1. The van der Waals surface area contributed by atoms with Gasteiger partial charge in [0.1, 0.15) is 0 Å². The van der Waals surface area contributed by atoms with Gasteiger partial charge in [0, 0.05) is 128 Å². The molecule has 1 rings (SSSR count). The van der Waals surface area contributed by atoms with Crippen LogP contribution >= 0.6 is 0 Å². The van der Waals surface area contributed by atoms with Crippen LogP contribution < -0.4 is 0 Å². The van der Waals surface area contributed by atoms with E-state index in [0.717, 1.165) is 38.5 Å². The van der Waals surface area contributed by atoms with Gasteiger partial charge >= 0.3 is 35.2 Å². The second-order valence-electron chi connectivity index (χ2n) is 12.5. The first-order chi connectivity index (χ1) is 23.4. The lowest BCUT2D eigenvalue weighted by atomic mass is 9.93. The van der Waals surface area contributed by atoms with Crippen molar-refractivity contribution in [2.24, 2.45) is 17.8 Å². The van der Waals surface area contributed by atoms with E-state index in [1.165, 1.54) is 0 Å². The summed E-state index contributed by atoms with van der Waals surface area (Å²) in [5, 5.41) is 0. The van der Waals surface area contributed by atoms with Gasteiger partial charge in [-0.2, -0.15) is 0 Å². The molecule has 0 radical (unpaired) electrons. The van der Waals surface area contributed by atoms with Crippen molar-refractivity contribution in [1.82, 2.24) is 4.90 Å². The van der Waals surface area contributed by atoms with E-state index in [1.807, 2.05) is 0 Å². The van der Waals surface area contributed by atoms with Crippen molar-refractivity contribution in [3.05, 3.63) is 0 Å². The second-order valence-corrected chi connectivity index (χ2v) is 24.9. The van der Waals surface area contributed by atoms with Gasteiger partial charge in [0.15, 0.2) is 0 Å². The van der Waals surface area contributed by atoms with Gasteiger partial charge in [-0.1, -0.05) is 0 Å². The molecule has 0 aromatic heterocycles. The molecular weight excluding hydrogens is 707 g/mol. The molecular formula is C31H69NO13Si4. The number of carbonyl (C=O) groups is 1. The van der Waals surface area contributed by atoms with Gasteiger partial charge in [-0.05, 0) is 70.1 Å². The molecule has 1 saturated carbocycles. The molecule has 1 amide bonds. The summed E-state index contributed by atoms with van der Waals surface area (Å²) in [6.45, 7) is 2.69. The van der Waals surface area contributed by atoms with Crippen molar-refractivity contribution in [3.63, 3.8) is 0 Å². The first-order valence-electron chi connectivity index (χ1n) is 17.4. The molecule has 0 aliphatic heterocycles. The van der Waals surface area contributed by atoms with Gasteiger partial charge in [-0.3, -0.25) is 4.79 Å². The van der Waals surface area contributed by atoms with Crippen LogP contribution in [0.3, 0.4) is 0 Å². The van der Waals surface area contributed by atoms with Crippen LogP contribution in [0.5, 0.6) is 0 Å². The Balaban J connectivity index is 3.37. The number of carbonyl (C=O) groups excluding carboxylic acids is 1. The highest BCUT2D eigenvalue weighted by molar-refractivity contribution is 6.61. The first kappa shape index (κ1) is 46.9. The van der Waals surface area contributed by atoms with E-state index in [0.29, 0.717) is 49.5 Å². The van der Waals surface area contributed by atoms with E-state index < -0.39 is 35.2 Å². The molecule has 3 unspecified atom stereocenters. The van der Waals surface area contributed by atoms with Crippen molar-refractivity contribution in [3.8, 4) is 0 Å². The maximum absolute atomic E-state index is 14.7. The first-order valence-corrected chi connectivity index (χ1v) is 25.1. The predicted molar refractivity (Wildman–Crippen MR) is 195 cm³/mol. The average Bonchev–Trinajstić information content (AvgIpc) is 3.55. The second kappa shape index (κ2) is 23.5. The Labute approximate surface area is 301 Å². The summed E-state index contributed by atoms with van der Waals surface area (Å²) in [6, 6.07) is 2.68. The molecule has 292 valence electrons. The molecule has 0 N–H and O–H groups in total. The number of hydrogen-bond donors (Lipinski definition) is 0. The summed E-state index contributed by atoms with van der Waals surface area (Å²) in [6.07, 6.45) is 6.39. The molecule has 49 heavy (non-hydrogen) atoms. The lowest BCUT2D eigenvalue weighted by Gasteiger charge is -2.36. The van der Waals surface area contributed by atoms with E-state index in [2.05, 4.69) is 11.8 Å². The largest absolute Gasteiger partial charge is 0.500 e. The van der Waals surface area contributed by atoms with E-state index in [1.54, 1.807) is 85.3 Å². The van der Waals surface area contributed by atoms with Crippen molar-refractivity contribution >= 4 is 41.1 Å². The SMILES string of the molecule is CCN(C(=O)C(CCC[Si](OC)(OC)OC)CCC[Si](OC)(OC)OC)C1CC(CC[Si](OC)(OC)OC)CC1CC[Si](OC)(OC)OC. The topological polar surface area (TPSA) is 131 Å². The molecule has 0 bridgehead atoms. The van der Waals surface area contributed by atoms with Crippen LogP contribution in [0, 0.1) is 17.8 Å². The zero-order valence-corrected chi connectivity index (χ0v) is 36.8. The fraction of sp³-hybridized carbons (Fsp3) is 0.968. The molecule has 1 aliphatic rings. The third-order valence-electron chi connectivity index (χ3n) is 10.6. The molecule has 3 atom stereocenters. The Morgan fingerprint density at radius 3 is 1.24 bits per heavy atom. The van der Waals surface area contributed by atoms with Crippen LogP contribution in [-0.2, 0) is 57.9 Å². The average molecular weight is 776 g/mol. The Hall–Kier alpha value is -0.142. The standard InChI is InChI=1S/C31H69NO13Si4/c1-14-32(31(33)28(17-15-21-46(34-2,35-3)36-4)18-16-22-47(37-5,38-6)39-7)30-26-27(19-23-48(40-8,41-9)42-10)25-29(30)20-24-49(43-11,44-12)45-13/h27-30H,14-26H2,1-13H3. The zero-order valence-electron chi connectivity index (χ0n) is 32.8. The molecule has 18 heteroatoms. The predicted octanol–water partition coefficient (Wildman–Crippen LogP) is 4.70. The minimum Gasteiger partial charge on any atom is -0.377 e. The maximum Gasteiger partial charge on any atom is 0.500 e. The van der Waals surface area contributed by atoms with E-state index in [9.17, 15) is 4.79 Å². The Bertz CT molecular complexity index is 836. The van der Waals surface area contributed by atoms with Gasteiger partial charge in [-0.25, -0.2) is 0 Å². The van der Waals surface area contributed by atoms with Crippen molar-refractivity contribution in [2.75, 3.05) is 91.9 Å². The zero-order chi connectivity index (χ0) is 37.1. The molecule has 14 nitrogen and oxygen atoms in total. The van der Waals surface area contributed by atoms with Crippen molar-refractivity contribution in [2.45, 2.75) is 88.5 Å². The molecule has 1 aliphatic carbocycles. The molecule has 0 heterocycles. The van der Waals surface area contributed by atoms with Crippen LogP contribution in [0.2, 0.25) is 24.2 Å². The molecule has 0 saturated heterocycles. The molecule has 0 spiro atoms.